The molecule has 0 saturated heterocycles. The molecule has 1 rings (SSSR count). The molecule has 0 amide bonds. The number of ether oxygens (including phenoxy) is 1. The van der Waals surface area contributed by atoms with Crippen LogP contribution < -0.4 is 5.73 Å². The van der Waals surface area contributed by atoms with Gasteiger partial charge >= 0.3 is 0 Å². The Kier molecular flexibility index (Phi) is 3.13. The molecule has 0 aliphatic heterocycles. The summed E-state index contributed by atoms with van der Waals surface area (Å²) in [4.78, 5) is 0. The molecule has 0 radical (unpaired) electrons. The Bertz CT molecular complexity index is 139. The zero-order chi connectivity index (χ0) is 9.19. The van der Waals surface area contributed by atoms with Crippen LogP contribution in [0, 0.1) is 5.92 Å². The van der Waals surface area contributed by atoms with Crippen molar-refractivity contribution in [3.63, 3.8) is 0 Å². The Hall–Kier alpha value is -0.0800. The molecule has 1 atom stereocenters. The van der Waals surface area contributed by atoms with E-state index < -0.39 is 0 Å². The fraction of sp³-hybridized carbons (Fsp3) is 1.00. The first-order chi connectivity index (χ1) is 5.52. The first kappa shape index (κ1) is 10.0. The van der Waals surface area contributed by atoms with Crippen molar-refractivity contribution in [2.45, 2.75) is 51.7 Å². The lowest BCUT2D eigenvalue weighted by atomic mass is 9.94. The van der Waals surface area contributed by atoms with Gasteiger partial charge in [-0.3, -0.25) is 0 Å². The molecule has 0 bridgehead atoms. The van der Waals surface area contributed by atoms with Crippen LogP contribution in [0.25, 0.3) is 0 Å². The van der Waals surface area contributed by atoms with Crippen molar-refractivity contribution in [3.05, 3.63) is 0 Å². The molecule has 1 aliphatic carbocycles. The van der Waals surface area contributed by atoms with E-state index in [0.717, 1.165) is 18.9 Å². The second kappa shape index (κ2) is 3.75. The summed E-state index contributed by atoms with van der Waals surface area (Å²) >= 11 is 0. The highest BCUT2D eigenvalue weighted by Crippen LogP contribution is 2.39. The molecular formula is C10H21NO. The summed E-state index contributed by atoms with van der Waals surface area (Å²) in [7, 11) is 0. The monoisotopic (exact) mass is 171 g/mol. The third-order valence-corrected chi connectivity index (χ3v) is 2.60. The van der Waals surface area contributed by atoms with E-state index >= 15 is 0 Å². The van der Waals surface area contributed by atoms with Crippen molar-refractivity contribution in [1.82, 2.24) is 0 Å². The maximum Gasteiger partial charge on any atom is 0.0518 e. The molecule has 12 heavy (non-hydrogen) atoms. The highest BCUT2D eigenvalue weighted by Gasteiger charge is 2.37. The Morgan fingerprint density at radius 2 is 2.08 bits per heavy atom. The zero-order valence-electron chi connectivity index (χ0n) is 8.47. The van der Waals surface area contributed by atoms with Gasteiger partial charge in [-0.2, -0.15) is 0 Å². The molecule has 1 saturated carbocycles. The van der Waals surface area contributed by atoms with Crippen molar-refractivity contribution in [3.8, 4) is 0 Å². The SMILES string of the molecule is CC(C)OCCC(C)(N)C1CC1. The molecular weight excluding hydrogens is 150 g/mol. The Balaban J connectivity index is 2.12. The van der Waals surface area contributed by atoms with Crippen molar-refractivity contribution in [2.75, 3.05) is 6.61 Å². The maximum absolute atomic E-state index is 6.13. The normalized spacial score (nSPS) is 22.8. The fourth-order valence-electron chi connectivity index (χ4n) is 1.46. The zero-order valence-corrected chi connectivity index (χ0v) is 8.47. The van der Waals surface area contributed by atoms with Gasteiger partial charge in [-0.15, -0.1) is 0 Å². The molecule has 72 valence electrons. The minimum atomic E-state index is 0.0227. The summed E-state index contributed by atoms with van der Waals surface area (Å²) in [6.45, 7) is 7.07. The lowest BCUT2D eigenvalue weighted by Crippen LogP contribution is -2.39. The third-order valence-electron chi connectivity index (χ3n) is 2.60. The van der Waals surface area contributed by atoms with Gasteiger partial charge in [0.15, 0.2) is 0 Å². The van der Waals surface area contributed by atoms with Gasteiger partial charge in [0.2, 0.25) is 0 Å². The van der Waals surface area contributed by atoms with Gasteiger partial charge in [0.25, 0.3) is 0 Å². The summed E-state index contributed by atoms with van der Waals surface area (Å²) in [6, 6.07) is 0. The van der Waals surface area contributed by atoms with E-state index in [1.807, 2.05) is 0 Å². The Labute approximate surface area is 75.5 Å². The summed E-state index contributed by atoms with van der Waals surface area (Å²) in [6.07, 6.45) is 3.96. The lowest BCUT2D eigenvalue weighted by molar-refractivity contribution is 0.0640. The van der Waals surface area contributed by atoms with Crippen LogP contribution in [0.15, 0.2) is 0 Å². The highest BCUT2D eigenvalue weighted by molar-refractivity contribution is 4.94. The van der Waals surface area contributed by atoms with E-state index in [-0.39, 0.29) is 5.54 Å². The van der Waals surface area contributed by atoms with Gasteiger partial charge in [0.05, 0.1) is 6.10 Å². The van der Waals surface area contributed by atoms with Gasteiger partial charge in [-0.25, -0.2) is 0 Å². The molecule has 0 spiro atoms. The number of hydrogen-bond acceptors (Lipinski definition) is 2. The number of nitrogens with two attached hydrogens (primary N) is 1. The van der Waals surface area contributed by atoms with Gasteiger partial charge in [0.1, 0.15) is 0 Å². The molecule has 1 fully saturated rings. The van der Waals surface area contributed by atoms with Crippen molar-refractivity contribution in [2.24, 2.45) is 11.7 Å². The van der Waals surface area contributed by atoms with Crippen LogP contribution in [0.2, 0.25) is 0 Å². The molecule has 2 N–H and O–H groups in total. The summed E-state index contributed by atoms with van der Waals surface area (Å²) in [5, 5.41) is 0. The minimum Gasteiger partial charge on any atom is -0.379 e. The van der Waals surface area contributed by atoms with Gasteiger partial charge in [-0.1, -0.05) is 0 Å². The average molecular weight is 171 g/mol. The van der Waals surface area contributed by atoms with Crippen LogP contribution in [-0.2, 0) is 4.74 Å². The fourth-order valence-corrected chi connectivity index (χ4v) is 1.46. The van der Waals surface area contributed by atoms with Gasteiger partial charge in [0, 0.05) is 12.1 Å². The van der Waals surface area contributed by atoms with Crippen molar-refractivity contribution >= 4 is 0 Å². The average Bonchev–Trinajstić information content (AvgIpc) is 2.65. The van der Waals surface area contributed by atoms with E-state index in [9.17, 15) is 0 Å². The number of hydrogen-bond donors (Lipinski definition) is 1. The first-order valence-corrected chi connectivity index (χ1v) is 4.93. The largest absolute Gasteiger partial charge is 0.379 e. The van der Waals surface area contributed by atoms with Crippen molar-refractivity contribution < 1.29 is 4.74 Å². The molecule has 1 unspecified atom stereocenters. The highest BCUT2D eigenvalue weighted by atomic mass is 16.5. The molecule has 0 aromatic carbocycles. The Morgan fingerprint density at radius 1 is 1.50 bits per heavy atom. The van der Waals surface area contributed by atoms with Crippen LogP contribution in [0.4, 0.5) is 0 Å². The van der Waals surface area contributed by atoms with Gasteiger partial charge < -0.3 is 10.5 Å². The van der Waals surface area contributed by atoms with E-state index in [1.54, 1.807) is 0 Å². The van der Waals surface area contributed by atoms with Crippen LogP contribution in [0.3, 0.4) is 0 Å². The van der Waals surface area contributed by atoms with Gasteiger partial charge in [-0.05, 0) is 46.0 Å². The molecule has 2 heteroatoms. The Morgan fingerprint density at radius 3 is 2.50 bits per heavy atom. The first-order valence-electron chi connectivity index (χ1n) is 4.93. The molecule has 0 heterocycles. The van der Waals surface area contributed by atoms with Crippen LogP contribution in [-0.4, -0.2) is 18.2 Å². The third kappa shape index (κ3) is 3.11. The van der Waals surface area contributed by atoms with Crippen LogP contribution in [0.1, 0.15) is 40.0 Å². The lowest BCUT2D eigenvalue weighted by Gasteiger charge is -2.24. The van der Waals surface area contributed by atoms with Crippen molar-refractivity contribution in [1.29, 1.82) is 0 Å². The number of rotatable bonds is 5. The standard InChI is InChI=1S/C10H21NO/c1-8(2)12-7-6-10(3,11)9-4-5-9/h8-9H,4-7,11H2,1-3H3. The molecule has 1 aliphatic rings. The second-order valence-corrected chi connectivity index (χ2v) is 4.45. The second-order valence-electron chi connectivity index (χ2n) is 4.45. The topological polar surface area (TPSA) is 35.2 Å². The molecule has 0 aromatic heterocycles. The van der Waals surface area contributed by atoms with Crippen LogP contribution in [0.5, 0.6) is 0 Å². The van der Waals surface area contributed by atoms with E-state index in [4.69, 9.17) is 10.5 Å². The smallest absolute Gasteiger partial charge is 0.0518 e. The van der Waals surface area contributed by atoms with E-state index in [1.165, 1.54) is 12.8 Å². The van der Waals surface area contributed by atoms with E-state index in [2.05, 4.69) is 20.8 Å². The summed E-state index contributed by atoms with van der Waals surface area (Å²) in [5.74, 6) is 0.758. The predicted octanol–water partition coefficient (Wildman–Crippen LogP) is 1.93. The predicted molar refractivity (Wildman–Crippen MR) is 51.0 cm³/mol. The molecule has 0 aromatic rings. The quantitative estimate of drug-likeness (QED) is 0.686. The summed E-state index contributed by atoms with van der Waals surface area (Å²) in [5.41, 5.74) is 6.15. The maximum atomic E-state index is 6.13. The molecule has 2 nitrogen and oxygen atoms in total. The van der Waals surface area contributed by atoms with E-state index in [0.29, 0.717) is 6.10 Å². The van der Waals surface area contributed by atoms with Crippen LogP contribution >= 0.6 is 0 Å². The summed E-state index contributed by atoms with van der Waals surface area (Å²) < 4.78 is 5.48. The minimum absolute atomic E-state index is 0.0227.